The molecule has 0 unspecified atom stereocenters. The van der Waals surface area contributed by atoms with Gasteiger partial charge in [-0.1, -0.05) is 41.0 Å². The third-order valence-electron chi connectivity index (χ3n) is 4.23. The van der Waals surface area contributed by atoms with Gasteiger partial charge < -0.3 is 4.52 Å². The maximum absolute atomic E-state index is 13.1. The highest BCUT2D eigenvalue weighted by atomic mass is 35.5. The number of hydrogen-bond donors (Lipinski definition) is 0. The first-order chi connectivity index (χ1) is 13.7. The predicted octanol–water partition coefficient (Wildman–Crippen LogP) is 5.42. The molecule has 0 saturated carbocycles. The smallest absolute Gasteiger partial charge is 0.193 e. The molecule has 0 spiro atoms. The van der Waals surface area contributed by atoms with E-state index in [-0.39, 0.29) is 5.78 Å². The van der Waals surface area contributed by atoms with Gasteiger partial charge in [-0.3, -0.25) is 4.79 Å². The Morgan fingerprint density at radius 1 is 1.14 bits per heavy atom. The van der Waals surface area contributed by atoms with Crippen LogP contribution in [-0.4, -0.2) is 26.1 Å². The lowest BCUT2D eigenvalue weighted by molar-refractivity contribution is 0.103. The Labute approximate surface area is 177 Å². The molecule has 0 radical (unpaired) electrons. The van der Waals surface area contributed by atoms with Crippen molar-refractivity contribution in [2.24, 2.45) is 4.40 Å². The molecule has 0 N–H and O–H groups in total. The molecule has 1 atom stereocenters. The van der Waals surface area contributed by atoms with Crippen LogP contribution in [0.2, 0.25) is 5.02 Å². The molecule has 5 nitrogen and oxygen atoms in total. The average molecular weight is 429 g/mol. The van der Waals surface area contributed by atoms with E-state index in [1.807, 2.05) is 32.9 Å². The zero-order chi connectivity index (χ0) is 21.2. The van der Waals surface area contributed by atoms with Crippen LogP contribution in [0.4, 0.5) is 0 Å². The van der Waals surface area contributed by atoms with Crippen LogP contribution in [-0.2, 0) is 11.0 Å². The van der Waals surface area contributed by atoms with Crippen molar-refractivity contribution in [3.05, 3.63) is 76.1 Å². The quantitative estimate of drug-likeness (QED) is 0.402. The summed E-state index contributed by atoms with van der Waals surface area (Å²) in [6, 6.07) is 14.0. The standard InChI is InChI=1S/C22H21ClN2O3S/c1-14-20(19(25-28-14)13-24-29(27)22(2,3)4)17-7-5-6-8-18(17)21(26)15-9-11-16(23)12-10-15/h5-13H,1-4H3/t29-/m1/s1. The van der Waals surface area contributed by atoms with Gasteiger partial charge in [-0.15, -0.1) is 0 Å². The largest absolute Gasteiger partial charge is 0.360 e. The summed E-state index contributed by atoms with van der Waals surface area (Å²) in [6.07, 6.45) is 1.44. The van der Waals surface area contributed by atoms with E-state index in [9.17, 15) is 9.00 Å². The lowest BCUT2D eigenvalue weighted by atomic mass is 9.93. The maximum Gasteiger partial charge on any atom is 0.193 e. The summed E-state index contributed by atoms with van der Waals surface area (Å²) >= 11 is 5.94. The minimum atomic E-state index is -1.43. The van der Waals surface area contributed by atoms with Crippen molar-refractivity contribution < 1.29 is 13.5 Å². The SMILES string of the molecule is Cc1onc(C=N[S@](=O)C(C)(C)C)c1-c1ccccc1C(=O)c1ccc(Cl)cc1. The number of ketones is 1. The Hall–Kier alpha value is -2.57. The summed E-state index contributed by atoms with van der Waals surface area (Å²) in [7, 11) is -1.43. The van der Waals surface area contributed by atoms with Crippen LogP contribution in [0.3, 0.4) is 0 Å². The van der Waals surface area contributed by atoms with E-state index < -0.39 is 15.7 Å². The molecule has 3 aromatic rings. The van der Waals surface area contributed by atoms with Crippen molar-refractivity contribution in [3.63, 3.8) is 0 Å². The van der Waals surface area contributed by atoms with Crippen molar-refractivity contribution in [2.45, 2.75) is 32.4 Å². The molecule has 0 aliphatic rings. The van der Waals surface area contributed by atoms with Gasteiger partial charge in [0.05, 0.1) is 16.5 Å². The van der Waals surface area contributed by atoms with Gasteiger partial charge in [-0.2, -0.15) is 4.40 Å². The number of halogens is 1. The number of aromatic nitrogens is 1. The van der Waals surface area contributed by atoms with E-state index in [0.29, 0.717) is 38.7 Å². The second kappa shape index (κ2) is 8.43. The van der Waals surface area contributed by atoms with Crippen molar-refractivity contribution >= 4 is 34.6 Å². The molecule has 3 rings (SSSR count). The van der Waals surface area contributed by atoms with Gasteiger partial charge in [0.25, 0.3) is 0 Å². The fourth-order valence-corrected chi connectivity index (χ4v) is 3.35. The van der Waals surface area contributed by atoms with Gasteiger partial charge in [0.2, 0.25) is 0 Å². The van der Waals surface area contributed by atoms with Gasteiger partial charge in [0, 0.05) is 16.1 Å². The van der Waals surface area contributed by atoms with Gasteiger partial charge in [0.1, 0.15) is 22.4 Å². The maximum atomic E-state index is 13.1. The molecule has 0 saturated heterocycles. The minimum Gasteiger partial charge on any atom is -0.360 e. The molecule has 0 amide bonds. The molecule has 7 heteroatoms. The summed E-state index contributed by atoms with van der Waals surface area (Å²) < 4.78 is 21.3. The molecule has 0 aliphatic heterocycles. The summed E-state index contributed by atoms with van der Waals surface area (Å²) in [5.74, 6) is 0.406. The number of rotatable bonds is 5. The van der Waals surface area contributed by atoms with Crippen LogP contribution in [0.1, 0.15) is 48.1 Å². The first-order valence-corrected chi connectivity index (χ1v) is 10.5. The second-order valence-electron chi connectivity index (χ2n) is 7.48. The summed E-state index contributed by atoms with van der Waals surface area (Å²) in [6.45, 7) is 7.30. The number of hydrogen-bond acceptors (Lipinski definition) is 4. The van der Waals surface area contributed by atoms with E-state index in [4.69, 9.17) is 16.1 Å². The fourth-order valence-electron chi connectivity index (χ4n) is 2.72. The van der Waals surface area contributed by atoms with Gasteiger partial charge in [-0.25, -0.2) is 4.21 Å². The number of aryl methyl sites for hydroxylation is 1. The lowest BCUT2D eigenvalue weighted by Crippen LogP contribution is -2.19. The van der Waals surface area contributed by atoms with E-state index in [1.54, 1.807) is 43.3 Å². The van der Waals surface area contributed by atoms with Crippen LogP contribution in [0, 0.1) is 6.92 Å². The van der Waals surface area contributed by atoms with Gasteiger partial charge in [-0.05, 0) is 57.5 Å². The van der Waals surface area contributed by atoms with Crippen LogP contribution < -0.4 is 0 Å². The molecule has 2 aromatic carbocycles. The lowest BCUT2D eigenvalue weighted by Gasteiger charge is -2.12. The normalized spacial score (nSPS) is 13.0. The molecule has 1 aromatic heterocycles. The third-order valence-corrected chi connectivity index (χ3v) is 5.83. The number of carbonyl (C=O) groups excluding carboxylic acids is 1. The fraction of sp³-hybridized carbons (Fsp3) is 0.227. The molecular formula is C22H21ClN2O3S. The van der Waals surface area contributed by atoms with Crippen molar-refractivity contribution in [1.82, 2.24) is 5.16 Å². The van der Waals surface area contributed by atoms with E-state index >= 15 is 0 Å². The second-order valence-corrected chi connectivity index (χ2v) is 9.85. The number of carbonyl (C=O) groups is 1. The third kappa shape index (κ3) is 4.71. The van der Waals surface area contributed by atoms with Crippen LogP contribution in [0.25, 0.3) is 11.1 Å². The zero-order valence-electron chi connectivity index (χ0n) is 16.6. The molecule has 0 fully saturated rings. The van der Waals surface area contributed by atoms with Crippen molar-refractivity contribution in [1.29, 1.82) is 0 Å². The average Bonchev–Trinajstić information content (AvgIpc) is 3.05. The Morgan fingerprint density at radius 2 is 1.79 bits per heavy atom. The molecule has 0 aliphatic carbocycles. The Kier molecular flexibility index (Phi) is 6.15. The molecule has 150 valence electrons. The van der Waals surface area contributed by atoms with Crippen LogP contribution >= 0.6 is 11.6 Å². The van der Waals surface area contributed by atoms with E-state index in [1.165, 1.54) is 6.21 Å². The Balaban J connectivity index is 2.06. The van der Waals surface area contributed by atoms with Crippen molar-refractivity contribution in [2.75, 3.05) is 0 Å². The molecular weight excluding hydrogens is 408 g/mol. The zero-order valence-corrected chi connectivity index (χ0v) is 18.2. The van der Waals surface area contributed by atoms with Crippen LogP contribution in [0.15, 0.2) is 57.5 Å². The highest BCUT2D eigenvalue weighted by molar-refractivity contribution is 7.85. The Morgan fingerprint density at radius 3 is 2.45 bits per heavy atom. The van der Waals surface area contributed by atoms with Crippen LogP contribution in [0.5, 0.6) is 0 Å². The summed E-state index contributed by atoms with van der Waals surface area (Å²) in [5, 5.41) is 4.61. The predicted molar refractivity (Wildman–Crippen MR) is 117 cm³/mol. The monoisotopic (exact) mass is 428 g/mol. The molecule has 29 heavy (non-hydrogen) atoms. The van der Waals surface area contributed by atoms with Gasteiger partial charge >= 0.3 is 0 Å². The van der Waals surface area contributed by atoms with E-state index in [2.05, 4.69) is 9.55 Å². The van der Waals surface area contributed by atoms with Gasteiger partial charge in [0.15, 0.2) is 5.78 Å². The highest BCUT2D eigenvalue weighted by Gasteiger charge is 2.22. The minimum absolute atomic E-state index is 0.140. The summed E-state index contributed by atoms with van der Waals surface area (Å²) in [5.41, 5.74) is 2.79. The summed E-state index contributed by atoms with van der Waals surface area (Å²) in [4.78, 5) is 13.1. The topological polar surface area (TPSA) is 72.5 Å². The van der Waals surface area contributed by atoms with E-state index in [0.717, 1.165) is 0 Å². The Bertz CT molecular complexity index is 1100. The highest BCUT2D eigenvalue weighted by Crippen LogP contribution is 2.31. The van der Waals surface area contributed by atoms with Crippen molar-refractivity contribution in [3.8, 4) is 11.1 Å². The number of benzene rings is 2. The molecule has 1 heterocycles. The molecule has 0 bridgehead atoms. The first-order valence-electron chi connectivity index (χ1n) is 9.00. The first kappa shape index (κ1) is 21.1. The number of nitrogens with zero attached hydrogens (tertiary/aromatic N) is 2.